The number of hydrogen-bond acceptors (Lipinski definition) is 3. The summed E-state index contributed by atoms with van der Waals surface area (Å²) in [5, 5.41) is 2.87. The van der Waals surface area contributed by atoms with Crippen LogP contribution in [0.5, 0.6) is 5.75 Å². The number of amides is 1. The molecule has 0 atom stereocenters. The third kappa shape index (κ3) is 3.98. The molecule has 0 radical (unpaired) electrons. The summed E-state index contributed by atoms with van der Waals surface area (Å²) in [5.41, 5.74) is 1.16. The second kappa shape index (κ2) is 6.59. The summed E-state index contributed by atoms with van der Waals surface area (Å²) in [4.78, 5) is 12.4. The number of benzene rings is 1. The molecule has 0 saturated heterocycles. The van der Waals surface area contributed by atoms with Crippen molar-refractivity contribution in [3.63, 3.8) is 0 Å². The van der Waals surface area contributed by atoms with Crippen molar-refractivity contribution in [3.8, 4) is 5.75 Å². The van der Waals surface area contributed by atoms with Crippen molar-refractivity contribution in [2.24, 2.45) is 0 Å². The predicted octanol–water partition coefficient (Wildman–Crippen LogP) is 3.38. The summed E-state index contributed by atoms with van der Waals surface area (Å²) in [6, 6.07) is 11.3. The Hall–Kier alpha value is -1.52. The third-order valence-corrected chi connectivity index (χ3v) is 3.89. The maximum atomic E-state index is 11.8. The fraction of sp³-hybridized carbons (Fsp3) is 0.214. The van der Waals surface area contributed by atoms with Crippen LogP contribution in [-0.4, -0.2) is 19.6 Å². The second-order valence-electron chi connectivity index (χ2n) is 3.96. The van der Waals surface area contributed by atoms with E-state index in [1.165, 1.54) is 11.3 Å². The van der Waals surface area contributed by atoms with Crippen LogP contribution in [0.15, 0.2) is 36.4 Å². The lowest BCUT2D eigenvalue weighted by Crippen LogP contribution is -2.24. The Kier molecular flexibility index (Phi) is 4.82. The Morgan fingerprint density at radius 1 is 1.26 bits per heavy atom. The number of rotatable bonds is 5. The van der Waals surface area contributed by atoms with Gasteiger partial charge in [-0.3, -0.25) is 4.79 Å². The maximum absolute atomic E-state index is 11.8. The van der Waals surface area contributed by atoms with E-state index in [0.717, 1.165) is 17.7 Å². The first-order valence-electron chi connectivity index (χ1n) is 5.85. The molecule has 1 aromatic carbocycles. The van der Waals surface area contributed by atoms with Gasteiger partial charge in [-0.05, 0) is 36.2 Å². The largest absolute Gasteiger partial charge is 0.497 e. The summed E-state index contributed by atoms with van der Waals surface area (Å²) in [5.74, 6) is 0.756. The molecule has 0 unspecified atom stereocenters. The Morgan fingerprint density at radius 3 is 2.58 bits per heavy atom. The summed E-state index contributed by atoms with van der Waals surface area (Å²) in [6.07, 6.45) is 0.787. The van der Waals surface area contributed by atoms with Crippen LogP contribution < -0.4 is 10.1 Å². The summed E-state index contributed by atoms with van der Waals surface area (Å²) in [6.45, 7) is 0.598. The predicted molar refractivity (Wildman–Crippen MR) is 78.4 cm³/mol. The Morgan fingerprint density at radius 2 is 2.00 bits per heavy atom. The number of halogens is 1. The minimum atomic E-state index is -0.0783. The van der Waals surface area contributed by atoms with E-state index < -0.39 is 0 Å². The second-order valence-corrected chi connectivity index (χ2v) is 5.67. The zero-order chi connectivity index (χ0) is 13.7. The molecule has 5 heteroatoms. The van der Waals surface area contributed by atoms with E-state index in [9.17, 15) is 4.79 Å². The van der Waals surface area contributed by atoms with Gasteiger partial charge in [0, 0.05) is 6.54 Å². The number of carbonyl (C=O) groups is 1. The number of hydrogen-bond donors (Lipinski definition) is 1. The summed E-state index contributed by atoms with van der Waals surface area (Å²) >= 11 is 7.07. The lowest BCUT2D eigenvalue weighted by Gasteiger charge is -2.05. The van der Waals surface area contributed by atoms with Crippen molar-refractivity contribution in [1.82, 2.24) is 5.32 Å². The number of thiophene rings is 1. The average Bonchev–Trinajstić information content (AvgIpc) is 2.86. The molecule has 0 aliphatic heterocycles. The molecule has 2 rings (SSSR count). The van der Waals surface area contributed by atoms with Gasteiger partial charge in [0.1, 0.15) is 5.75 Å². The number of nitrogens with one attached hydrogen (secondary N) is 1. The van der Waals surface area contributed by atoms with Crippen molar-refractivity contribution in [3.05, 3.63) is 51.2 Å². The van der Waals surface area contributed by atoms with Crippen LogP contribution in [0.2, 0.25) is 4.34 Å². The molecule has 0 aliphatic carbocycles. The van der Waals surface area contributed by atoms with Crippen LogP contribution in [0.1, 0.15) is 15.2 Å². The number of carbonyl (C=O) groups excluding carboxylic acids is 1. The molecule has 0 bridgehead atoms. The third-order valence-electron chi connectivity index (χ3n) is 2.66. The van der Waals surface area contributed by atoms with Gasteiger partial charge >= 0.3 is 0 Å². The van der Waals surface area contributed by atoms with Gasteiger partial charge in [0.25, 0.3) is 5.91 Å². The molecule has 1 heterocycles. The first kappa shape index (κ1) is 13.9. The van der Waals surface area contributed by atoms with Crippen LogP contribution in [0, 0.1) is 0 Å². The molecule has 0 saturated carbocycles. The standard InChI is InChI=1S/C14H14ClNO2S/c1-18-11-4-2-10(3-5-11)8-9-16-14(17)12-6-7-13(15)19-12/h2-7H,8-9H2,1H3,(H,16,17). The monoisotopic (exact) mass is 295 g/mol. The molecule has 1 amide bonds. The molecule has 1 aromatic heterocycles. The molecule has 3 nitrogen and oxygen atoms in total. The van der Waals surface area contributed by atoms with Gasteiger partial charge in [-0.2, -0.15) is 0 Å². The van der Waals surface area contributed by atoms with Crippen molar-refractivity contribution < 1.29 is 9.53 Å². The van der Waals surface area contributed by atoms with Gasteiger partial charge in [-0.25, -0.2) is 0 Å². The minimum Gasteiger partial charge on any atom is -0.497 e. The van der Waals surface area contributed by atoms with Crippen LogP contribution in [-0.2, 0) is 6.42 Å². The molecule has 19 heavy (non-hydrogen) atoms. The Balaban J connectivity index is 1.81. The van der Waals surface area contributed by atoms with E-state index in [0.29, 0.717) is 15.8 Å². The molecular formula is C14H14ClNO2S. The van der Waals surface area contributed by atoms with E-state index in [1.54, 1.807) is 19.2 Å². The first-order valence-corrected chi connectivity index (χ1v) is 7.05. The number of ether oxygens (including phenoxy) is 1. The van der Waals surface area contributed by atoms with Crippen LogP contribution in [0.4, 0.5) is 0 Å². The first-order chi connectivity index (χ1) is 9.19. The summed E-state index contributed by atoms with van der Waals surface area (Å²) < 4.78 is 5.72. The van der Waals surface area contributed by atoms with Crippen LogP contribution in [0.3, 0.4) is 0 Å². The van der Waals surface area contributed by atoms with Crippen molar-refractivity contribution in [2.75, 3.05) is 13.7 Å². The highest BCUT2D eigenvalue weighted by Crippen LogP contribution is 2.21. The van der Waals surface area contributed by atoms with Crippen molar-refractivity contribution in [2.45, 2.75) is 6.42 Å². The normalized spacial score (nSPS) is 10.2. The van der Waals surface area contributed by atoms with Gasteiger partial charge in [0.15, 0.2) is 0 Å². The van der Waals surface area contributed by atoms with Crippen molar-refractivity contribution in [1.29, 1.82) is 0 Å². The molecular weight excluding hydrogens is 282 g/mol. The summed E-state index contributed by atoms with van der Waals surface area (Å²) in [7, 11) is 1.64. The molecule has 1 N–H and O–H groups in total. The van der Waals surface area contributed by atoms with Crippen LogP contribution >= 0.6 is 22.9 Å². The lowest BCUT2D eigenvalue weighted by molar-refractivity contribution is 0.0958. The molecule has 100 valence electrons. The lowest BCUT2D eigenvalue weighted by atomic mass is 10.1. The quantitative estimate of drug-likeness (QED) is 0.918. The van der Waals surface area contributed by atoms with Crippen molar-refractivity contribution >= 4 is 28.8 Å². The fourth-order valence-electron chi connectivity index (χ4n) is 1.64. The zero-order valence-electron chi connectivity index (χ0n) is 10.5. The highest BCUT2D eigenvalue weighted by Gasteiger charge is 2.07. The maximum Gasteiger partial charge on any atom is 0.261 e. The fourth-order valence-corrected chi connectivity index (χ4v) is 2.60. The highest BCUT2D eigenvalue weighted by molar-refractivity contribution is 7.17. The topological polar surface area (TPSA) is 38.3 Å². The van der Waals surface area contributed by atoms with E-state index in [1.807, 2.05) is 24.3 Å². The van der Waals surface area contributed by atoms with Gasteiger partial charge in [-0.15, -0.1) is 11.3 Å². The number of methoxy groups -OCH3 is 1. The SMILES string of the molecule is COc1ccc(CCNC(=O)c2ccc(Cl)s2)cc1. The van der Waals surface area contributed by atoms with Gasteiger partial charge in [-0.1, -0.05) is 23.7 Å². The van der Waals surface area contributed by atoms with Gasteiger partial charge < -0.3 is 10.1 Å². The average molecular weight is 296 g/mol. The zero-order valence-corrected chi connectivity index (χ0v) is 12.1. The van der Waals surface area contributed by atoms with E-state index in [4.69, 9.17) is 16.3 Å². The van der Waals surface area contributed by atoms with Gasteiger partial charge in [0.05, 0.1) is 16.3 Å². The molecule has 0 aliphatic rings. The van der Waals surface area contributed by atoms with Gasteiger partial charge in [0.2, 0.25) is 0 Å². The van der Waals surface area contributed by atoms with Crippen LogP contribution in [0.25, 0.3) is 0 Å². The molecule has 0 fully saturated rings. The molecule has 2 aromatic rings. The Bertz CT molecular complexity index is 551. The Labute approximate surface area is 121 Å². The van der Waals surface area contributed by atoms with E-state index >= 15 is 0 Å². The minimum absolute atomic E-state index is 0.0783. The van der Waals surface area contributed by atoms with E-state index in [-0.39, 0.29) is 5.91 Å². The van der Waals surface area contributed by atoms with E-state index in [2.05, 4.69) is 5.32 Å². The highest BCUT2D eigenvalue weighted by atomic mass is 35.5. The molecule has 0 spiro atoms. The smallest absolute Gasteiger partial charge is 0.261 e.